The minimum absolute atomic E-state index is 0.0456. The molecule has 13 heterocycles. The Balaban J connectivity index is 0.000000129. The number of ether oxygens (including phenoxy) is 2. The van der Waals surface area contributed by atoms with E-state index in [2.05, 4.69) is 182 Å². The monoisotopic (exact) mass is 1670 g/mol. The van der Waals surface area contributed by atoms with E-state index in [-0.39, 0.29) is 10.8 Å². The zero-order valence-corrected chi connectivity index (χ0v) is 72.8. The molecule has 18 rings (SSSR count). The number of hydrogen-bond donors (Lipinski definition) is 0. The highest BCUT2D eigenvalue weighted by Crippen LogP contribution is 2.37. The molecule has 0 spiro atoms. The molecule has 0 fully saturated rings. The van der Waals surface area contributed by atoms with E-state index in [1.807, 2.05) is 207 Å². The van der Waals surface area contributed by atoms with Crippen LogP contribution in [-0.4, -0.2) is 114 Å². The van der Waals surface area contributed by atoms with E-state index in [4.69, 9.17) is 36.6 Å². The molecule has 125 heavy (non-hydrogen) atoms. The molecule has 0 aliphatic carbocycles. The van der Waals surface area contributed by atoms with Gasteiger partial charge in [0.25, 0.3) is 35.3 Å². The van der Waals surface area contributed by atoms with Crippen molar-refractivity contribution >= 4 is 0 Å². The van der Waals surface area contributed by atoms with Crippen LogP contribution in [0.25, 0.3) is 137 Å². The Kier molecular flexibility index (Phi) is 28.2. The highest BCUT2D eigenvalue weighted by atomic mass is 16.5. The van der Waals surface area contributed by atoms with Gasteiger partial charge in [0.15, 0.2) is 11.5 Å². The third-order valence-electron chi connectivity index (χ3n) is 19.3. The van der Waals surface area contributed by atoms with Gasteiger partial charge in [-0.15, -0.1) is 0 Å². The van der Waals surface area contributed by atoms with Crippen molar-refractivity contribution in [3.63, 3.8) is 0 Å². The molecule has 0 aliphatic rings. The van der Waals surface area contributed by atoms with Crippen LogP contribution < -0.4 is 9.47 Å². The van der Waals surface area contributed by atoms with E-state index in [0.717, 1.165) is 107 Å². The predicted octanol–water partition coefficient (Wildman–Crippen LogP) is 21.9. The molecule has 28 nitrogen and oxygen atoms in total. The van der Waals surface area contributed by atoms with Crippen LogP contribution in [0.2, 0.25) is 0 Å². The normalized spacial score (nSPS) is 11.0. The van der Waals surface area contributed by atoms with Gasteiger partial charge in [-0.25, -0.2) is 0 Å². The zero-order valence-electron chi connectivity index (χ0n) is 72.8. The molecule has 28 heteroatoms. The smallest absolute Gasteiger partial charge is 0.276 e. The minimum atomic E-state index is 0.0456. The van der Waals surface area contributed by atoms with Crippen molar-refractivity contribution in [1.29, 1.82) is 0 Å². The summed E-state index contributed by atoms with van der Waals surface area (Å²) in [5, 5.41) is 28.6. The van der Waals surface area contributed by atoms with Gasteiger partial charge in [-0.1, -0.05) is 120 Å². The quantitative estimate of drug-likeness (QED) is 0.0817. The largest absolute Gasteiger partial charge is 0.490 e. The SMILES string of the molecule is CC(C)(C)c1cc(-c2nc(-c3ccncc3)no2)cc(C(C)(C)C)c1.CCOc1ccc(-c2nc(-c3ccnc(C)c3)no2)cc1OCC.CCn1nc(C)cc1-c1nc(-c2ccncc2)no1.Cc1ccc(-c2nc(-c3ccncc3C)no2)cc1C.Cc1cccc(-c2nc(-c3cccnc3)no2)c1.Cc1cncc(-c2noc(-c3cccc(C)c3)n2)c1. The summed E-state index contributed by atoms with van der Waals surface area (Å²) < 4.78 is 45.3. The number of aryl methyl sites for hydroxylation is 9. The number of benzene rings is 5. The summed E-state index contributed by atoms with van der Waals surface area (Å²) in [6.45, 7) is 37.1. The van der Waals surface area contributed by atoms with E-state index >= 15 is 0 Å². The van der Waals surface area contributed by atoms with E-state index in [0.29, 0.717) is 95.0 Å². The molecule has 13 aromatic heterocycles. The second kappa shape index (κ2) is 40.3. The van der Waals surface area contributed by atoms with Crippen molar-refractivity contribution in [3.05, 3.63) is 294 Å². The summed E-state index contributed by atoms with van der Waals surface area (Å²) in [6, 6.07) is 55.0. The minimum Gasteiger partial charge on any atom is -0.490 e. The fraction of sp³-hybridized carbons (Fsp3) is 0.227. The van der Waals surface area contributed by atoms with Gasteiger partial charge in [0, 0.05) is 142 Å². The van der Waals surface area contributed by atoms with Crippen molar-refractivity contribution in [2.75, 3.05) is 13.2 Å². The van der Waals surface area contributed by atoms with E-state index < -0.39 is 0 Å². The maximum atomic E-state index is 5.64. The van der Waals surface area contributed by atoms with E-state index in [1.54, 1.807) is 68.2 Å². The number of aromatic nitrogens is 20. The first kappa shape index (κ1) is 87.5. The zero-order chi connectivity index (χ0) is 88.2. The Labute approximate surface area is 724 Å². The Morgan fingerprint density at radius 3 is 1.28 bits per heavy atom. The molecule has 0 amide bonds. The van der Waals surface area contributed by atoms with E-state index in [9.17, 15) is 0 Å². The topological polar surface area (TPSA) is 347 Å². The second-order valence-corrected chi connectivity index (χ2v) is 31.2. The number of nitrogens with zero attached hydrogens (tertiary/aromatic N) is 20. The van der Waals surface area contributed by atoms with Gasteiger partial charge < -0.3 is 36.6 Å². The summed E-state index contributed by atoms with van der Waals surface area (Å²) in [5.74, 6) is 7.80. The Bertz CT molecular complexity index is 6470. The van der Waals surface area contributed by atoms with Crippen LogP contribution in [0.15, 0.2) is 265 Å². The first-order valence-electron chi connectivity index (χ1n) is 40.7. The third kappa shape index (κ3) is 23.0. The molecule has 0 N–H and O–H groups in total. The van der Waals surface area contributed by atoms with Crippen molar-refractivity contribution in [1.82, 2.24) is 101 Å². The second-order valence-electron chi connectivity index (χ2n) is 31.2. The first-order chi connectivity index (χ1) is 60.3. The highest BCUT2D eigenvalue weighted by Gasteiger charge is 2.25. The molecule has 0 aliphatic heterocycles. The lowest BCUT2D eigenvalue weighted by Crippen LogP contribution is -2.16. The van der Waals surface area contributed by atoms with Crippen LogP contribution in [0.4, 0.5) is 0 Å². The molecule has 0 atom stereocenters. The van der Waals surface area contributed by atoms with Crippen molar-refractivity contribution in [2.24, 2.45) is 0 Å². The average Bonchev–Trinajstić information content (AvgIpc) is 1.71. The standard InChI is InChI=1S/C21H25N3O.C18H19N3O3.C16H15N3O.C15H13N3O.C14H11N3O.C13H13N5O/c1-20(2,3)16-11-15(12-17(13-16)21(4,5)6)19-23-18(24-25-19)14-7-9-22-10-8-14;1-4-22-15-7-6-14(11-16(15)23-5-2)18-20-17(21-24-18)13-8-9-19-12(3)10-13;1-10-4-5-13(8-11(10)2)16-18-15(19-20-16)14-6-7-17-9-12(14)3;1-10-4-3-5-12(6-10)15-17-14(18-19-15)13-7-11(2)8-16-9-13;1-10-4-2-5-11(8-10)14-16-13(17-18-14)12-6-3-7-15-9-12;1-3-18-11(8-9(2)16-18)13-15-12(17-19-13)10-4-6-14-7-5-10/h7-13H,1-6H3;6-11H,4-5H2,1-3H3;4-9H,1-3H3;3-9H,1-2H3;2-9H,1H3;4-8H,3H2,1-2H3. The van der Waals surface area contributed by atoms with Crippen LogP contribution in [0.1, 0.15) is 118 Å². The molecule has 0 bridgehead atoms. The van der Waals surface area contributed by atoms with Crippen LogP contribution in [0.5, 0.6) is 11.5 Å². The summed E-state index contributed by atoms with van der Waals surface area (Å²) in [7, 11) is 0. The number of rotatable bonds is 17. The number of pyridine rings is 6. The molecule has 18 aromatic rings. The highest BCUT2D eigenvalue weighted by molar-refractivity contribution is 5.68. The van der Waals surface area contributed by atoms with Crippen LogP contribution >= 0.6 is 0 Å². The molecule has 0 saturated heterocycles. The predicted molar refractivity (Wildman–Crippen MR) is 477 cm³/mol. The van der Waals surface area contributed by atoms with Gasteiger partial charge in [-0.05, 0) is 254 Å². The summed E-state index contributed by atoms with van der Waals surface area (Å²) in [4.78, 5) is 51.1. The number of hydrogen-bond acceptors (Lipinski definition) is 27. The molecule has 632 valence electrons. The maximum Gasteiger partial charge on any atom is 0.276 e. The fourth-order valence-electron chi connectivity index (χ4n) is 12.5. The summed E-state index contributed by atoms with van der Waals surface area (Å²) in [5.41, 5.74) is 22.0. The Morgan fingerprint density at radius 2 is 0.760 bits per heavy atom. The summed E-state index contributed by atoms with van der Waals surface area (Å²) in [6.07, 6.45) is 19.1. The molecule has 0 saturated carbocycles. The maximum absolute atomic E-state index is 5.64. The average molecular weight is 1670 g/mol. The lowest BCUT2D eigenvalue weighted by Gasteiger charge is -2.25. The van der Waals surface area contributed by atoms with Crippen LogP contribution in [0.3, 0.4) is 0 Å². The third-order valence-corrected chi connectivity index (χ3v) is 19.3. The van der Waals surface area contributed by atoms with Crippen LogP contribution in [-0.2, 0) is 17.4 Å². The first-order valence-corrected chi connectivity index (χ1v) is 40.7. The molecule has 0 unspecified atom stereocenters. The Morgan fingerprint density at radius 1 is 0.304 bits per heavy atom. The van der Waals surface area contributed by atoms with Gasteiger partial charge in [0.1, 0.15) is 5.69 Å². The van der Waals surface area contributed by atoms with Gasteiger partial charge in [-0.3, -0.25) is 34.6 Å². The lowest BCUT2D eigenvalue weighted by atomic mass is 9.79. The van der Waals surface area contributed by atoms with Gasteiger partial charge >= 0.3 is 0 Å². The fourth-order valence-corrected chi connectivity index (χ4v) is 12.5. The van der Waals surface area contributed by atoms with Crippen LogP contribution in [0, 0.1) is 55.4 Å². The Hall–Kier alpha value is -15.4. The van der Waals surface area contributed by atoms with Gasteiger partial charge in [0.2, 0.25) is 34.9 Å². The van der Waals surface area contributed by atoms with Gasteiger partial charge in [0.05, 0.1) is 18.9 Å². The van der Waals surface area contributed by atoms with Crippen molar-refractivity contribution in [2.45, 2.75) is 135 Å². The molecular formula is C97H96N20O8. The molecule has 0 radical (unpaired) electrons. The molecule has 5 aromatic carbocycles. The summed E-state index contributed by atoms with van der Waals surface area (Å²) >= 11 is 0. The lowest BCUT2D eigenvalue weighted by molar-refractivity contribution is 0.288. The van der Waals surface area contributed by atoms with Crippen molar-refractivity contribution in [3.8, 4) is 149 Å². The molecular weight excluding hydrogens is 1570 g/mol. The van der Waals surface area contributed by atoms with Gasteiger partial charge in [-0.2, -0.15) is 35.0 Å². The van der Waals surface area contributed by atoms with Crippen molar-refractivity contribution < 1.29 is 36.6 Å². The van der Waals surface area contributed by atoms with E-state index in [1.165, 1.54) is 22.3 Å².